The van der Waals surface area contributed by atoms with Crippen LogP contribution in [0.1, 0.15) is 0 Å². The molecule has 2 aromatic heterocycles. The Labute approximate surface area is 120 Å². The summed E-state index contributed by atoms with van der Waals surface area (Å²) in [6.07, 6.45) is 1.40. The lowest BCUT2D eigenvalue weighted by atomic mass is 10.3. The molecule has 0 radical (unpaired) electrons. The molecule has 6 nitrogen and oxygen atoms in total. The molecular weight excluding hydrogens is 278 g/mol. The van der Waals surface area contributed by atoms with Crippen molar-refractivity contribution in [1.29, 1.82) is 0 Å². The molecular formula is C13H12ClN5O. The van der Waals surface area contributed by atoms with Gasteiger partial charge in [-0.1, -0.05) is 17.7 Å². The van der Waals surface area contributed by atoms with Gasteiger partial charge in [0.05, 0.1) is 0 Å². The van der Waals surface area contributed by atoms with Crippen LogP contribution >= 0.6 is 11.6 Å². The molecule has 0 aliphatic carbocycles. The molecule has 0 spiro atoms. The van der Waals surface area contributed by atoms with E-state index in [2.05, 4.69) is 15.1 Å². The Bertz CT molecular complexity index is 755. The number of halogens is 1. The molecule has 0 aliphatic rings. The number of anilines is 1. The molecule has 20 heavy (non-hydrogen) atoms. The highest BCUT2D eigenvalue weighted by Crippen LogP contribution is 2.26. The van der Waals surface area contributed by atoms with E-state index < -0.39 is 0 Å². The van der Waals surface area contributed by atoms with Crippen LogP contribution in [0.4, 0.5) is 5.69 Å². The van der Waals surface area contributed by atoms with E-state index in [1.807, 2.05) is 43.3 Å². The van der Waals surface area contributed by atoms with E-state index >= 15 is 0 Å². The molecule has 7 heteroatoms. The van der Waals surface area contributed by atoms with Crippen LogP contribution in [-0.2, 0) is 0 Å². The van der Waals surface area contributed by atoms with Crippen LogP contribution in [0.15, 0.2) is 36.7 Å². The van der Waals surface area contributed by atoms with Gasteiger partial charge in [-0.3, -0.25) is 0 Å². The third kappa shape index (κ3) is 2.37. The van der Waals surface area contributed by atoms with Crippen molar-refractivity contribution in [2.75, 3.05) is 19.0 Å². The van der Waals surface area contributed by atoms with E-state index in [-0.39, 0.29) is 0 Å². The van der Waals surface area contributed by atoms with Crippen LogP contribution in [0.3, 0.4) is 0 Å². The first kappa shape index (κ1) is 12.7. The van der Waals surface area contributed by atoms with Gasteiger partial charge in [-0.2, -0.15) is 19.6 Å². The van der Waals surface area contributed by atoms with Gasteiger partial charge in [-0.05, 0) is 12.1 Å². The van der Waals surface area contributed by atoms with Gasteiger partial charge in [0.1, 0.15) is 17.2 Å². The third-order valence-electron chi connectivity index (χ3n) is 2.74. The SMILES string of the molecule is CN(C)c1cccc(Oc2cc(Cl)nc3ncnn23)c1. The molecule has 0 saturated carbocycles. The molecule has 0 bridgehead atoms. The zero-order chi connectivity index (χ0) is 14.1. The summed E-state index contributed by atoms with van der Waals surface area (Å²) < 4.78 is 7.33. The molecule has 3 aromatic rings. The second kappa shape index (κ2) is 4.97. The van der Waals surface area contributed by atoms with Gasteiger partial charge < -0.3 is 9.64 Å². The summed E-state index contributed by atoms with van der Waals surface area (Å²) in [5, 5.41) is 4.37. The molecule has 2 heterocycles. The van der Waals surface area contributed by atoms with Crippen molar-refractivity contribution < 1.29 is 4.74 Å². The highest BCUT2D eigenvalue weighted by atomic mass is 35.5. The molecule has 0 aliphatic heterocycles. The fourth-order valence-electron chi connectivity index (χ4n) is 1.78. The van der Waals surface area contributed by atoms with E-state index in [1.165, 1.54) is 10.8 Å². The molecule has 0 saturated heterocycles. The number of rotatable bonds is 3. The summed E-state index contributed by atoms with van der Waals surface area (Å²) in [5.74, 6) is 1.56. The fourth-order valence-corrected chi connectivity index (χ4v) is 1.95. The lowest BCUT2D eigenvalue weighted by Gasteiger charge is -2.14. The predicted octanol–water partition coefficient (Wildman–Crippen LogP) is 2.64. The Kier molecular flexibility index (Phi) is 3.15. The number of hydrogen-bond acceptors (Lipinski definition) is 5. The molecule has 0 unspecified atom stereocenters. The summed E-state index contributed by atoms with van der Waals surface area (Å²) in [6.45, 7) is 0. The second-order valence-electron chi connectivity index (χ2n) is 4.38. The molecule has 0 amide bonds. The van der Waals surface area contributed by atoms with Gasteiger partial charge in [-0.15, -0.1) is 0 Å². The Morgan fingerprint density at radius 1 is 1.25 bits per heavy atom. The first-order valence-corrected chi connectivity index (χ1v) is 6.33. The van der Waals surface area contributed by atoms with E-state index in [0.717, 1.165) is 5.69 Å². The summed E-state index contributed by atoms with van der Waals surface area (Å²) >= 11 is 5.95. The number of aromatic nitrogens is 4. The standard InChI is InChI=1S/C13H12ClN5O/c1-18(2)9-4-3-5-10(6-9)20-12-7-11(14)17-13-15-8-16-19(12)13/h3-8H,1-2H3. The minimum Gasteiger partial charge on any atom is -0.439 e. The van der Waals surface area contributed by atoms with Crippen molar-refractivity contribution >= 4 is 23.1 Å². The van der Waals surface area contributed by atoms with Crippen molar-refractivity contribution in [3.8, 4) is 11.6 Å². The third-order valence-corrected chi connectivity index (χ3v) is 2.94. The smallest absolute Gasteiger partial charge is 0.256 e. The lowest BCUT2D eigenvalue weighted by Crippen LogP contribution is -2.08. The minimum absolute atomic E-state index is 0.310. The first-order chi connectivity index (χ1) is 9.63. The van der Waals surface area contributed by atoms with E-state index in [9.17, 15) is 0 Å². The zero-order valence-corrected chi connectivity index (χ0v) is 11.7. The van der Waals surface area contributed by atoms with Gasteiger partial charge in [0.2, 0.25) is 5.88 Å². The number of ether oxygens (including phenoxy) is 1. The average Bonchev–Trinajstić information content (AvgIpc) is 2.87. The number of benzene rings is 1. The largest absolute Gasteiger partial charge is 0.439 e. The van der Waals surface area contributed by atoms with Crippen LogP contribution < -0.4 is 9.64 Å². The normalized spacial score (nSPS) is 10.8. The summed E-state index contributed by atoms with van der Waals surface area (Å²) in [4.78, 5) is 10.0. The van der Waals surface area contributed by atoms with Crippen LogP contribution in [-0.4, -0.2) is 33.7 Å². The van der Waals surface area contributed by atoms with Crippen molar-refractivity contribution in [3.05, 3.63) is 41.8 Å². The zero-order valence-electron chi connectivity index (χ0n) is 11.0. The maximum absolute atomic E-state index is 5.95. The van der Waals surface area contributed by atoms with E-state index in [4.69, 9.17) is 16.3 Å². The van der Waals surface area contributed by atoms with E-state index in [1.54, 1.807) is 6.07 Å². The Hall–Kier alpha value is -2.34. The molecule has 0 fully saturated rings. The Balaban J connectivity index is 2.00. The van der Waals surface area contributed by atoms with Gasteiger partial charge in [-0.25, -0.2) is 0 Å². The van der Waals surface area contributed by atoms with Crippen LogP contribution in [0.25, 0.3) is 5.78 Å². The average molecular weight is 290 g/mol. The highest BCUT2D eigenvalue weighted by Gasteiger charge is 2.09. The number of hydrogen-bond donors (Lipinski definition) is 0. The quantitative estimate of drug-likeness (QED) is 0.694. The van der Waals surface area contributed by atoms with Crippen molar-refractivity contribution in [2.45, 2.75) is 0 Å². The maximum atomic E-state index is 5.95. The highest BCUT2D eigenvalue weighted by molar-refractivity contribution is 6.29. The fraction of sp³-hybridized carbons (Fsp3) is 0.154. The molecule has 102 valence electrons. The molecule has 3 rings (SSSR count). The number of fused-ring (bicyclic) bond motifs is 1. The second-order valence-corrected chi connectivity index (χ2v) is 4.77. The minimum atomic E-state index is 0.310. The summed E-state index contributed by atoms with van der Waals surface area (Å²) in [7, 11) is 3.94. The maximum Gasteiger partial charge on any atom is 0.256 e. The van der Waals surface area contributed by atoms with Crippen molar-refractivity contribution in [2.24, 2.45) is 0 Å². The topological polar surface area (TPSA) is 55.5 Å². The van der Waals surface area contributed by atoms with Crippen LogP contribution in [0.2, 0.25) is 5.15 Å². The van der Waals surface area contributed by atoms with Gasteiger partial charge >= 0.3 is 0 Å². The summed E-state index contributed by atoms with van der Waals surface area (Å²) in [6, 6.07) is 9.32. The predicted molar refractivity (Wildman–Crippen MR) is 76.6 cm³/mol. The monoisotopic (exact) mass is 289 g/mol. The van der Waals surface area contributed by atoms with Gasteiger partial charge in [0.15, 0.2) is 0 Å². The molecule has 0 N–H and O–H groups in total. The Morgan fingerprint density at radius 3 is 2.90 bits per heavy atom. The summed E-state index contributed by atoms with van der Waals surface area (Å²) in [5.41, 5.74) is 1.04. The van der Waals surface area contributed by atoms with Crippen molar-refractivity contribution in [1.82, 2.24) is 19.6 Å². The first-order valence-electron chi connectivity index (χ1n) is 5.95. The van der Waals surface area contributed by atoms with Gasteiger partial charge in [0, 0.05) is 31.9 Å². The molecule has 1 aromatic carbocycles. The van der Waals surface area contributed by atoms with Gasteiger partial charge in [0.25, 0.3) is 5.78 Å². The van der Waals surface area contributed by atoms with Crippen LogP contribution in [0, 0.1) is 0 Å². The lowest BCUT2D eigenvalue weighted by molar-refractivity contribution is 0.446. The number of nitrogens with zero attached hydrogens (tertiary/aromatic N) is 5. The van der Waals surface area contributed by atoms with Crippen molar-refractivity contribution in [3.63, 3.8) is 0 Å². The Morgan fingerprint density at radius 2 is 2.10 bits per heavy atom. The van der Waals surface area contributed by atoms with E-state index in [0.29, 0.717) is 22.6 Å². The molecule has 0 atom stereocenters. The van der Waals surface area contributed by atoms with Crippen LogP contribution in [0.5, 0.6) is 11.6 Å².